The largest absolute Gasteiger partial charge is 0.325 e. The first kappa shape index (κ1) is 19.9. The second-order valence-electron chi connectivity index (χ2n) is 7.08. The van der Waals surface area contributed by atoms with Gasteiger partial charge < -0.3 is 4.98 Å². The second kappa shape index (κ2) is 8.54. The van der Waals surface area contributed by atoms with Gasteiger partial charge in [0.15, 0.2) is 5.16 Å². The van der Waals surface area contributed by atoms with Crippen LogP contribution in [0.2, 0.25) is 0 Å². The highest BCUT2D eigenvalue weighted by atomic mass is 32.2. The van der Waals surface area contributed by atoms with Gasteiger partial charge in [-0.1, -0.05) is 48.2 Å². The zero-order valence-corrected chi connectivity index (χ0v) is 17.5. The van der Waals surface area contributed by atoms with Crippen molar-refractivity contribution in [2.24, 2.45) is 0 Å². The van der Waals surface area contributed by atoms with E-state index >= 15 is 0 Å². The summed E-state index contributed by atoms with van der Waals surface area (Å²) in [5.74, 6) is 1.41. The highest BCUT2D eigenvalue weighted by Gasteiger charge is 2.16. The van der Waals surface area contributed by atoms with Gasteiger partial charge in [-0.15, -0.1) is 10.2 Å². The molecule has 4 rings (SSSR count). The van der Waals surface area contributed by atoms with Crippen LogP contribution >= 0.6 is 11.8 Å². The summed E-state index contributed by atoms with van der Waals surface area (Å²) in [5, 5.41) is 9.53. The van der Waals surface area contributed by atoms with Crippen LogP contribution in [0.15, 0.2) is 69.3 Å². The lowest BCUT2D eigenvalue weighted by molar-refractivity contribution is 0.828. The first-order valence-corrected chi connectivity index (χ1v) is 10.5. The van der Waals surface area contributed by atoms with Gasteiger partial charge in [0.25, 0.3) is 5.56 Å². The molecule has 4 aromatic rings. The number of benzene rings is 2. The first-order chi connectivity index (χ1) is 14.5. The third-order valence-electron chi connectivity index (χ3n) is 4.74. The third kappa shape index (κ3) is 4.44. The van der Waals surface area contributed by atoms with Gasteiger partial charge in [0, 0.05) is 29.6 Å². The van der Waals surface area contributed by atoms with Gasteiger partial charge in [-0.3, -0.25) is 14.3 Å². The van der Waals surface area contributed by atoms with E-state index in [9.17, 15) is 9.59 Å². The Kier molecular flexibility index (Phi) is 5.67. The van der Waals surface area contributed by atoms with Crippen LogP contribution < -0.4 is 11.2 Å². The number of rotatable bonds is 6. The van der Waals surface area contributed by atoms with Crippen LogP contribution in [0.3, 0.4) is 0 Å². The van der Waals surface area contributed by atoms with E-state index in [1.807, 2.05) is 41.8 Å². The molecule has 2 heterocycles. The van der Waals surface area contributed by atoms with Crippen molar-refractivity contribution >= 4 is 11.8 Å². The first-order valence-electron chi connectivity index (χ1n) is 9.51. The van der Waals surface area contributed by atoms with Crippen LogP contribution in [0.5, 0.6) is 0 Å². The molecule has 0 radical (unpaired) electrons. The molecule has 2 aromatic heterocycles. The second-order valence-corrected chi connectivity index (χ2v) is 8.02. The van der Waals surface area contributed by atoms with Gasteiger partial charge in [0.05, 0.1) is 0 Å². The van der Waals surface area contributed by atoms with E-state index in [4.69, 9.17) is 0 Å². The van der Waals surface area contributed by atoms with Gasteiger partial charge >= 0.3 is 5.69 Å². The van der Waals surface area contributed by atoms with E-state index in [1.165, 1.54) is 17.2 Å². The normalized spacial score (nSPS) is 11.0. The smallest absolute Gasteiger partial charge is 0.311 e. The summed E-state index contributed by atoms with van der Waals surface area (Å²) >= 11 is 1.60. The van der Waals surface area contributed by atoms with Crippen molar-refractivity contribution in [1.29, 1.82) is 0 Å². The molecule has 0 bridgehead atoms. The molecule has 2 N–H and O–H groups in total. The van der Waals surface area contributed by atoms with Gasteiger partial charge in [-0.2, -0.15) is 0 Å². The van der Waals surface area contributed by atoms with Crippen LogP contribution in [0.1, 0.15) is 28.2 Å². The lowest BCUT2D eigenvalue weighted by Crippen LogP contribution is -2.23. The number of hydrogen-bond donors (Lipinski definition) is 2. The van der Waals surface area contributed by atoms with E-state index in [1.54, 1.807) is 11.8 Å². The van der Waals surface area contributed by atoms with Crippen LogP contribution in [0.4, 0.5) is 0 Å². The molecule has 8 heteroatoms. The number of nitrogens with one attached hydrogen (secondary N) is 2. The number of aryl methyl sites for hydroxylation is 2. The molecular weight excluding hydrogens is 398 g/mol. The van der Waals surface area contributed by atoms with Crippen molar-refractivity contribution in [3.05, 3.63) is 104 Å². The molecule has 152 valence electrons. The summed E-state index contributed by atoms with van der Waals surface area (Å²) in [6.07, 6.45) is 0.283. The Bertz CT molecular complexity index is 1280. The lowest BCUT2D eigenvalue weighted by Gasteiger charge is -2.11. The van der Waals surface area contributed by atoms with Gasteiger partial charge in [0.1, 0.15) is 5.82 Å². The van der Waals surface area contributed by atoms with Crippen LogP contribution in [-0.2, 0) is 12.2 Å². The van der Waals surface area contributed by atoms with Crippen molar-refractivity contribution < 1.29 is 0 Å². The summed E-state index contributed by atoms with van der Waals surface area (Å²) < 4.78 is 1.98. The van der Waals surface area contributed by atoms with E-state index in [2.05, 4.69) is 45.3 Å². The number of hydrogen-bond acceptors (Lipinski definition) is 5. The Balaban J connectivity index is 1.72. The number of nitrogens with zero attached hydrogens (tertiary/aromatic N) is 3. The van der Waals surface area contributed by atoms with Gasteiger partial charge in [0.2, 0.25) is 0 Å². The summed E-state index contributed by atoms with van der Waals surface area (Å²) in [7, 11) is 0. The fraction of sp³-hybridized carbons (Fsp3) is 0.182. The topological polar surface area (TPSA) is 96.4 Å². The standard InChI is InChI=1S/C22H21N5O2S/c1-14-6-5-9-18(10-14)27-19(11-17-12-20(28)24-21(29)23-17)25-26-22(27)30-13-16-8-4-3-7-15(16)2/h3-10,12H,11,13H2,1-2H3,(H2,23,24,28,29). The molecule has 30 heavy (non-hydrogen) atoms. The third-order valence-corrected chi connectivity index (χ3v) is 5.72. The lowest BCUT2D eigenvalue weighted by atomic mass is 10.1. The molecule has 0 atom stereocenters. The van der Waals surface area contributed by atoms with Crippen LogP contribution in [0, 0.1) is 13.8 Å². The van der Waals surface area contributed by atoms with Crippen molar-refractivity contribution in [2.45, 2.75) is 31.2 Å². The predicted molar refractivity (Wildman–Crippen MR) is 117 cm³/mol. The monoisotopic (exact) mass is 419 g/mol. The average molecular weight is 420 g/mol. The molecule has 0 aliphatic carbocycles. The highest BCUT2D eigenvalue weighted by molar-refractivity contribution is 7.98. The summed E-state index contributed by atoms with van der Waals surface area (Å²) in [6.45, 7) is 4.12. The molecule has 0 saturated heterocycles. The van der Waals surface area contributed by atoms with Crippen molar-refractivity contribution in [2.75, 3.05) is 0 Å². The van der Waals surface area contributed by atoms with Crippen molar-refractivity contribution in [3.63, 3.8) is 0 Å². The van der Waals surface area contributed by atoms with Crippen molar-refractivity contribution in [3.8, 4) is 5.69 Å². The molecule has 0 fully saturated rings. The minimum Gasteiger partial charge on any atom is -0.311 e. The molecule has 2 aromatic carbocycles. The fourth-order valence-corrected chi connectivity index (χ4v) is 4.28. The van der Waals surface area contributed by atoms with Crippen LogP contribution in [0.25, 0.3) is 5.69 Å². The Morgan fingerprint density at radius 2 is 1.80 bits per heavy atom. The number of aromatic amines is 2. The van der Waals surface area contributed by atoms with E-state index in [-0.39, 0.29) is 6.42 Å². The molecule has 0 spiro atoms. The maximum atomic E-state index is 11.7. The van der Waals surface area contributed by atoms with E-state index in [0.717, 1.165) is 22.2 Å². The number of thioether (sulfide) groups is 1. The highest BCUT2D eigenvalue weighted by Crippen LogP contribution is 2.27. The van der Waals surface area contributed by atoms with E-state index < -0.39 is 11.2 Å². The molecular formula is C22H21N5O2S. The molecule has 0 amide bonds. The quantitative estimate of drug-likeness (QED) is 0.468. The van der Waals surface area contributed by atoms with Gasteiger partial charge in [-0.25, -0.2) is 4.79 Å². The molecule has 0 unspecified atom stereocenters. The maximum Gasteiger partial charge on any atom is 0.325 e. The Morgan fingerprint density at radius 1 is 0.967 bits per heavy atom. The number of H-pyrrole nitrogens is 2. The van der Waals surface area contributed by atoms with Crippen molar-refractivity contribution in [1.82, 2.24) is 24.7 Å². The zero-order valence-electron chi connectivity index (χ0n) is 16.7. The van der Waals surface area contributed by atoms with E-state index in [0.29, 0.717) is 11.5 Å². The minimum atomic E-state index is -0.534. The zero-order chi connectivity index (χ0) is 21.1. The molecule has 0 aliphatic heterocycles. The average Bonchev–Trinajstić information content (AvgIpc) is 3.09. The van der Waals surface area contributed by atoms with Crippen LogP contribution in [-0.4, -0.2) is 24.7 Å². The molecule has 0 saturated carbocycles. The molecule has 0 aliphatic rings. The summed E-state index contributed by atoms with van der Waals surface area (Å²) in [6, 6.07) is 17.7. The Labute approximate surface area is 177 Å². The SMILES string of the molecule is Cc1cccc(-n2c(Cc3cc(=O)[nH]c(=O)[nH]3)nnc2SCc2ccccc2C)c1. The molecule has 7 nitrogen and oxygen atoms in total. The predicted octanol–water partition coefficient (Wildman–Crippen LogP) is 3.14. The summed E-state index contributed by atoms with van der Waals surface area (Å²) in [4.78, 5) is 28.2. The number of aromatic nitrogens is 5. The fourth-order valence-electron chi connectivity index (χ4n) is 3.23. The van der Waals surface area contributed by atoms with Gasteiger partial charge in [-0.05, 0) is 42.7 Å². The Morgan fingerprint density at radius 3 is 2.57 bits per heavy atom. The summed E-state index contributed by atoms with van der Waals surface area (Å²) in [5.41, 5.74) is 4.04. The maximum absolute atomic E-state index is 11.7. The Hall–Kier alpha value is -3.39. The minimum absolute atomic E-state index is 0.283.